The van der Waals surface area contributed by atoms with Gasteiger partial charge in [-0.25, -0.2) is 0 Å². The molecule has 4 heteroatoms. The fourth-order valence-corrected chi connectivity index (χ4v) is 2.86. The molecule has 0 spiro atoms. The first-order chi connectivity index (χ1) is 10.7. The van der Waals surface area contributed by atoms with Gasteiger partial charge in [-0.1, -0.05) is 43.7 Å². The molecular weight excluding hydrogens is 294 g/mol. The lowest BCUT2D eigenvalue weighted by Gasteiger charge is -2.32. The number of hydrogen-bond acceptors (Lipinski definition) is 3. The first-order valence-electron chi connectivity index (χ1n) is 8.01. The maximum atomic E-state index is 5.98. The predicted molar refractivity (Wildman–Crippen MR) is 95.9 cm³/mol. The fraction of sp³-hybridized carbons (Fsp3) is 0.444. The number of halogens is 1. The van der Waals surface area contributed by atoms with Crippen molar-refractivity contribution < 1.29 is 0 Å². The summed E-state index contributed by atoms with van der Waals surface area (Å²) >= 11 is 5.98. The Morgan fingerprint density at radius 3 is 2.41 bits per heavy atom. The maximum Gasteiger partial charge on any atom is 0.0433 e. The molecule has 0 fully saturated rings. The molecule has 0 atom stereocenters. The number of nitrogens with two attached hydrogens (primary N) is 1. The van der Waals surface area contributed by atoms with E-state index in [9.17, 15) is 0 Å². The molecule has 0 aliphatic carbocycles. The number of nitrogens with zero attached hydrogens (tertiary/aromatic N) is 2. The van der Waals surface area contributed by atoms with Crippen LogP contribution in [0.25, 0.3) is 5.57 Å². The van der Waals surface area contributed by atoms with Crippen molar-refractivity contribution >= 4 is 17.2 Å². The van der Waals surface area contributed by atoms with E-state index in [1.807, 2.05) is 12.1 Å². The van der Waals surface area contributed by atoms with Gasteiger partial charge in [0.05, 0.1) is 0 Å². The Labute approximate surface area is 139 Å². The van der Waals surface area contributed by atoms with Crippen molar-refractivity contribution in [3.05, 3.63) is 52.7 Å². The smallest absolute Gasteiger partial charge is 0.0433 e. The molecule has 0 aromatic heterocycles. The van der Waals surface area contributed by atoms with Gasteiger partial charge in [-0.2, -0.15) is 0 Å². The third-order valence-electron chi connectivity index (χ3n) is 4.25. The molecule has 0 bridgehead atoms. The van der Waals surface area contributed by atoms with Gasteiger partial charge >= 0.3 is 0 Å². The normalized spacial score (nSPS) is 15.0. The zero-order chi connectivity index (χ0) is 15.9. The summed E-state index contributed by atoms with van der Waals surface area (Å²) in [4.78, 5) is 4.83. The molecule has 1 heterocycles. The van der Waals surface area contributed by atoms with E-state index in [1.54, 1.807) is 0 Å². The van der Waals surface area contributed by atoms with Gasteiger partial charge in [0.1, 0.15) is 0 Å². The molecule has 0 saturated carbocycles. The highest BCUT2D eigenvalue weighted by Gasteiger charge is 2.16. The molecule has 0 amide bonds. The van der Waals surface area contributed by atoms with E-state index in [-0.39, 0.29) is 0 Å². The third kappa shape index (κ3) is 4.35. The van der Waals surface area contributed by atoms with Crippen LogP contribution in [0.1, 0.15) is 19.4 Å². The van der Waals surface area contributed by atoms with E-state index < -0.39 is 0 Å². The molecule has 22 heavy (non-hydrogen) atoms. The molecule has 3 nitrogen and oxygen atoms in total. The van der Waals surface area contributed by atoms with E-state index in [0.717, 1.165) is 37.7 Å². The highest BCUT2D eigenvalue weighted by molar-refractivity contribution is 6.30. The lowest BCUT2D eigenvalue weighted by molar-refractivity contribution is 0.254. The molecule has 0 radical (unpaired) electrons. The second-order valence-corrected chi connectivity index (χ2v) is 5.95. The molecule has 1 aromatic carbocycles. The Hall–Kier alpha value is -1.29. The fourth-order valence-electron chi connectivity index (χ4n) is 2.74. The van der Waals surface area contributed by atoms with Crippen LogP contribution in [0.5, 0.6) is 0 Å². The highest BCUT2D eigenvalue weighted by atomic mass is 35.5. The molecule has 2 rings (SSSR count). The molecule has 1 aromatic rings. The van der Waals surface area contributed by atoms with Gasteiger partial charge in [0.25, 0.3) is 0 Å². The second-order valence-electron chi connectivity index (χ2n) is 5.51. The van der Waals surface area contributed by atoms with E-state index >= 15 is 0 Å². The Kier molecular flexibility index (Phi) is 6.49. The van der Waals surface area contributed by atoms with Gasteiger partial charge in [-0.3, -0.25) is 0 Å². The van der Waals surface area contributed by atoms with Crippen LogP contribution in [0.15, 0.2) is 42.1 Å². The SMILES string of the molecule is CCN(CC)CCN1CC(c2ccc(Cl)cc2)=CC=C1CN. The summed E-state index contributed by atoms with van der Waals surface area (Å²) in [7, 11) is 0. The van der Waals surface area contributed by atoms with Crippen molar-refractivity contribution in [2.24, 2.45) is 5.73 Å². The summed E-state index contributed by atoms with van der Waals surface area (Å²) in [5.41, 5.74) is 9.65. The average molecular weight is 320 g/mol. The van der Waals surface area contributed by atoms with Crippen molar-refractivity contribution in [1.29, 1.82) is 0 Å². The molecule has 1 aliphatic heterocycles. The van der Waals surface area contributed by atoms with Crippen LogP contribution in [-0.2, 0) is 0 Å². The van der Waals surface area contributed by atoms with Crippen LogP contribution >= 0.6 is 11.6 Å². The van der Waals surface area contributed by atoms with Crippen LogP contribution in [0.2, 0.25) is 5.02 Å². The molecule has 0 saturated heterocycles. The Morgan fingerprint density at radius 2 is 1.82 bits per heavy atom. The van der Waals surface area contributed by atoms with Crippen molar-refractivity contribution in [3.8, 4) is 0 Å². The standard InChI is InChI=1S/C18H26ClN3/c1-3-21(4-2)11-12-22-14-16(7-10-18(22)13-20)15-5-8-17(19)9-6-15/h5-10H,3-4,11-14,20H2,1-2H3. The van der Waals surface area contributed by atoms with Crippen LogP contribution in [0, 0.1) is 0 Å². The molecular formula is C18H26ClN3. The predicted octanol–water partition coefficient (Wildman–Crippen LogP) is 3.22. The van der Waals surface area contributed by atoms with Gasteiger partial charge in [-0.05, 0) is 42.4 Å². The zero-order valence-electron chi connectivity index (χ0n) is 13.6. The molecule has 1 aliphatic rings. The van der Waals surface area contributed by atoms with Gasteiger partial charge in [-0.15, -0.1) is 0 Å². The van der Waals surface area contributed by atoms with Crippen molar-refractivity contribution in [3.63, 3.8) is 0 Å². The Morgan fingerprint density at radius 1 is 1.14 bits per heavy atom. The monoisotopic (exact) mass is 319 g/mol. The van der Waals surface area contributed by atoms with Crippen LogP contribution in [0.3, 0.4) is 0 Å². The number of benzene rings is 1. The van der Waals surface area contributed by atoms with Crippen LogP contribution in [0.4, 0.5) is 0 Å². The highest BCUT2D eigenvalue weighted by Crippen LogP contribution is 2.23. The summed E-state index contributed by atoms with van der Waals surface area (Å²) in [6.07, 6.45) is 4.33. The van der Waals surface area contributed by atoms with Gasteiger partial charge in [0.15, 0.2) is 0 Å². The van der Waals surface area contributed by atoms with Crippen molar-refractivity contribution in [2.45, 2.75) is 13.8 Å². The maximum absolute atomic E-state index is 5.98. The average Bonchev–Trinajstić information content (AvgIpc) is 2.56. The number of likely N-dealkylation sites (N-methyl/N-ethyl adjacent to an activating group) is 1. The van der Waals surface area contributed by atoms with E-state index in [2.05, 4.69) is 47.9 Å². The summed E-state index contributed by atoms with van der Waals surface area (Å²) in [5.74, 6) is 0. The number of hydrogen-bond donors (Lipinski definition) is 1. The number of rotatable bonds is 7. The van der Waals surface area contributed by atoms with Crippen molar-refractivity contribution in [1.82, 2.24) is 9.80 Å². The number of allylic oxidation sites excluding steroid dienone is 2. The van der Waals surface area contributed by atoms with Gasteiger partial charge in [0, 0.05) is 36.9 Å². The first-order valence-corrected chi connectivity index (χ1v) is 8.38. The Balaban J connectivity index is 2.08. The topological polar surface area (TPSA) is 32.5 Å². The Bertz CT molecular complexity index is 530. The summed E-state index contributed by atoms with van der Waals surface area (Å²) in [6, 6.07) is 8.05. The first kappa shape index (κ1) is 17.1. The largest absolute Gasteiger partial charge is 0.368 e. The minimum atomic E-state index is 0.586. The van der Waals surface area contributed by atoms with E-state index in [4.69, 9.17) is 17.3 Å². The quantitative estimate of drug-likeness (QED) is 0.837. The minimum absolute atomic E-state index is 0.586. The third-order valence-corrected chi connectivity index (χ3v) is 4.50. The van der Waals surface area contributed by atoms with Gasteiger partial charge < -0.3 is 15.5 Å². The minimum Gasteiger partial charge on any atom is -0.368 e. The summed E-state index contributed by atoms with van der Waals surface area (Å²) in [6.45, 7) is 10.2. The van der Waals surface area contributed by atoms with Crippen LogP contribution < -0.4 is 5.73 Å². The molecule has 0 unspecified atom stereocenters. The summed E-state index contributed by atoms with van der Waals surface area (Å²) < 4.78 is 0. The molecule has 120 valence electrons. The van der Waals surface area contributed by atoms with E-state index in [1.165, 1.54) is 16.8 Å². The van der Waals surface area contributed by atoms with Crippen molar-refractivity contribution in [2.75, 3.05) is 39.3 Å². The molecule has 2 N–H and O–H groups in total. The summed E-state index contributed by atoms with van der Waals surface area (Å²) in [5, 5.41) is 0.775. The lowest BCUT2D eigenvalue weighted by Crippen LogP contribution is -2.38. The zero-order valence-corrected chi connectivity index (χ0v) is 14.3. The van der Waals surface area contributed by atoms with Crippen LogP contribution in [-0.4, -0.2) is 49.1 Å². The van der Waals surface area contributed by atoms with E-state index in [0.29, 0.717) is 6.54 Å². The van der Waals surface area contributed by atoms with Gasteiger partial charge in [0.2, 0.25) is 0 Å². The second kappa shape index (κ2) is 8.37. The lowest BCUT2D eigenvalue weighted by atomic mass is 10.0.